The number of aliphatic hydroxyl groups is 2. The van der Waals surface area contributed by atoms with Gasteiger partial charge in [0.2, 0.25) is 0 Å². The summed E-state index contributed by atoms with van der Waals surface area (Å²) in [6.07, 6.45) is 1.97. The van der Waals surface area contributed by atoms with Crippen molar-refractivity contribution in [3.8, 4) is 0 Å². The fraction of sp³-hybridized carbons (Fsp3) is 0.455. The molecule has 0 spiro atoms. The summed E-state index contributed by atoms with van der Waals surface area (Å²) in [6, 6.07) is 1.78. The number of ether oxygens (including phenoxy) is 1. The standard InChI is InChI=1S/C11H14N4O3/c12-9-7-1-2-15(10(7)14-5-13-9)11-8(17)3-6(4-16)18-11/h1-2,5-6,8,11,16-17H,3-4H2,(H2,12,13,14)/t6-,8-,11-/m0/s1. The van der Waals surface area contributed by atoms with Crippen molar-refractivity contribution < 1.29 is 14.9 Å². The van der Waals surface area contributed by atoms with E-state index in [-0.39, 0.29) is 12.7 Å². The molecule has 1 aliphatic rings. The maximum atomic E-state index is 9.96. The van der Waals surface area contributed by atoms with Gasteiger partial charge in [0.1, 0.15) is 23.9 Å². The number of nitrogens with two attached hydrogens (primary N) is 1. The molecule has 1 fully saturated rings. The van der Waals surface area contributed by atoms with Crippen LogP contribution in [0.1, 0.15) is 12.6 Å². The van der Waals surface area contributed by atoms with E-state index >= 15 is 0 Å². The van der Waals surface area contributed by atoms with Crippen LogP contribution < -0.4 is 5.73 Å². The molecule has 18 heavy (non-hydrogen) atoms. The second-order valence-electron chi connectivity index (χ2n) is 4.35. The summed E-state index contributed by atoms with van der Waals surface area (Å²) in [6.45, 7) is -0.107. The van der Waals surface area contributed by atoms with Crippen LogP contribution in [0.3, 0.4) is 0 Å². The third kappa shape index (κ3) is 1.64. The summed E-state index contributed by atoms with van der Waals surface area (Å²) in [5, 5.41) is 19.7. The Morgan fingerprint density at radius 2 is 2.33 bits per heavy atom. The number of aromatic nitrogens is 3. The van der Waals surface area contributed by atoms with Crippen molar-refractivity contribution >= 4 is 16.9 Å². The maximum Gasteiger partial charge on any atom is 0.161 e. The van der Waals surface area contributed by atoms with Gasteiger partial charge in [-0.2, -0.15) is 0 Å². The second-order valence-corrected chi connectivity index (χ2v) is 4.35. The first-order valence-corrected chi connectivity index (χ1v) is 5.72. The number of nitrogens with zero attached hydrogens (tertiary/aromatic N) is 3. The average Bonchev–Trinajstić information content (AvgIpc) is 2.93. The molecular weight excluding hydrogens is 236 g/mol. The van der Waals surface area contributed by atoms with Gasteiger partial charge in [-0.1, -0.05) is 0 Å². The second kappa shape index (κ2) is 4.20. The molecule has 0 radical (unpaired) electrons. The van der Waals surface area contributed by atoms with Crippen LogP contribution in [0.5, 0.6) is 0 Å². The topological polar surface area (TPSA) is 106 Å². The lowest BCUT2D eigenvalue weighted by Crippen LogP contribution is -2.19. The van der Waals surface area contributed by atoms with Crippen LogP contribution in [0.25, 0.3) is 11.0 Å². The summed E-state index contributed by atoms with van der Waals surface area (Å²) >= 11 is 0. The summed E-state index contributed by atoms with van der Waals surface area (Å²) in [4.78, 5) is 8.06. The van der Waals surface area contributed by atoms with Crippen LogP contribution in [0.15, 0.2) is 18.6 Å². The first kappa shape index (κ1) is 11.4. The molecule has 7 nitrogen and oxygen atoms in total. The lowest BCUT2D eigenvalue weighted by molar-refractivity contribution is -0.0484. The Kier molecular flexibility index (Phi) is 2.66. The zero-order valence-corrected chi connectivity index (χ0v) is 9.60. The molecule has 0 saturated carbocycles. The van der Waals surface area contributed by atoms with Gasteiger partial charge in [-0.15, -0.1) is 0 Å². The van der Waals surface area contributed by atoms with Crippen LogP contribution >= 0.6 is 0 Å². The molecule has 0 amide bonds. The molecule has 1 saturated heterocycles. The number of nitrogen functional groups attached to an aromatic ring is 1. The van der Waals surface area contributed by atoms with Gasteiger partial charge < -0.3 is 25.3 Å². The molecule has 2 aromatic rings. The predicted molar refractivity (Wildman–Crippen MR) is 63.6 cm³/mol. The number of rotatable bonds is 2. The van der Waals surface area contributed by atoms with Crippen molar-refractivity contribution in [2.75, 3.05) is 12.3 Å². The lowest BCUT2D eigenvalue weighted by Gasteiger charge is -2.17. The van der Waals surface area contributed by atoms with E-state index in [1.54, 1.807) is 16.8 Å². The molecule has 1 aliphatic heterocycles. The molecular formula is C11H14N4O3. The largest absolute Gasteiger partial charge is 0.394 e. The van der Waals surface area contributed by atoms with Crippen molar-refractivity contribution in [3.63, 3.8) is 0 Å². The van der Waals surface area contributed by atoms with Gasteiger partial charge in [0.15, 0.2) is 6.23 Å². The predicted octanol–water partition coefficient (Wildman–Crippen LogP) is -0.346. The van der Waals surface area contributed by atoms with E-state index in [2.05, 4.69) is 9.97 Å². The van der Waals surface area contributed by atoms with Gasteiger partial charge in [-0.25, -0.2) is 9.97 Å². The van der Waals surface area contributed by atoms with Crippen molar-refractivity contribution in [3.05, 3.63) is 18.6 Å². The minimum absolute atomic E-state index is 0.107. The Balaban J connectivity index is 2.02. The van der Waals surface area contributed by atoms with Gasteiger partial charge in [0, 0.05) is 12.6 Å². The maximum absolute atomic E-state index is 9.96. The molecule has 0 aromatic carbocycles. The molecule has 0 bridgehead atoms. The van der Waals surface area contributed by atoms with E-state index in [0.29, 0.717) is 17.9 Å². The van der Waals surface area contributed by atoms with Crippen molar-refractivity contribution in [1.82, 2.24) is 14.5 Å². The van der Waals surface area contributed by atoms with Crippen LogP contribution in [-0.2, 0) is 4.74 Å². The summed E-state index contributed by atoms with van der Waals surface area (Å²) in [5.74, 6) is 0.393. The van der Waals surface area contributed by atoms with Crippen LogP contribution in [0, 0.1) is 0 Å². The molecule has 4 N–H and O–H groups in total. The highest BCUT2D eigenvalue weighted by Crippen LogP contribution is 2.31. The smallest absolute Gasteiger partial charge is 0.161 e. The monoisotopic (exact) mass is 250 g/mol. The van der Waals surface area contributed by atoms with E-state index in [0.717, 1.165) is 5.39 Å². The molecule has 2 aromatic heterocycles. The number of aliphatic hydroxyl groups excluding tert-OH is 2. The molecule has 96 valence electrons. The molecule has 3 atom stereocenters. The Morgan fingerprint density at radius 1 is 1.50 bits per heavy atom. The Labute approximate surface area is 103 Å². The fourth-order valence-electron chi connectivity index (χ4n) is 2.29. The highest BCUT2D eigenvalue weighted by molar-refractivity contribution is 5.86. The number of hydrogen-bond donors (Lipinski definition) is 3. The SMILES string of the molecule is Nc1ncnc2c1ccn2[C@H]1O[C@H](CO)C[C@@H]1O. The minimum atomic E-state index is -0.672. The summed E-state index contributed by atoms with van der Waals surface area (Å²) in [7, 11) is 0. The van der Waals surface area contributed by atoms with E-state index in [9.17, 15) is 5.11 Å². The first-order chi connectivity index (χ1) is 8.70. The summed E-state index contributed by atoms with van der Waals surface area (Å²) in [5.41, 5.74) is 6.36. The highest BCUT2D eigenvalue weighted by atomic mass is 16.5. The van der Waals surface area contributed by atoms with Crippen LogP contribution in [-0.4, -0.2) is 43.6 Å². The average molecular weight is 250 g/mol. The number of hydrogen-bond acceptors (Lipinski definition) is 6. The Hall–Kier alpha value is -1.70. The fourth-order valence-corrected chi connectivity index (χ4v) is 2.29. The van der Waals surface area contributed by atoms with Crippen molar-refractivity contribution in [1.29, 1.82) is 0 Å². The first-order valence-electron chi connectivity index (χ1n) is 5.72. The van der Waals surface area contributed by atoms with E-state index in [1.807, 2.05) is 0 Å². The van der Waals surface area contributed by atoms with E-state index in [4.69, 9.17) is 15.6 Å². The molecule has 3 heterocycles. The van der Waals surface area contributed by atoms with Gasteiger partial charge in [0.05, 0.1) is 18.1 Å². The minimum Gasteiger partial charge on any atom is -0.394 e. The van der Waals surface area contributed by atoms with Crippen molar-refractivity contribution in [2.45, 2.75) is 24.9 Å². The van der Waals surface area contributed by atoms with E-state index < -0.39 is 12.3 Å². The van der Waals surface area contributed by atoms with Gasteiger partial charge in [0.25, 0.3) is 0 Å². The van der Waals surface area contributed by atoms with Crippen LogP contribution in [0.4, 0.5) is 5.82 Å². The van der Waals surface area contributed by atoms with Gasteiger partial charge in [-0.05, 0) is 6.07 Å². The zero-order valence-electron chi connectivity index (χ0n) is 9.60. The zero-order chi connectivity index (χ0) is 12.7. The highest BCUT2D eigenvalue weighted by Gasteiger charge is 2.35. The quantitative estimate of drug-likeness (QED) is 0.673. The summed E-state index contributed by atoms with van der Waals surface area (Å²) < 4.78 is 7.29. The number of anilines is 1. The normalized spacial score (nSPS) is 28.0. The van der Waals surface area contributed by atoms with Crippen molar-refractivity contribution in [2.24, 2.45) is 0 Å². The third-order valence-corrected chi connectivity index (χ3v) is 3.18. The number of fused-ring (bicyclic) bond motifs is 1. The molecule has 0 aliphatic carbocycles. The molecule has 0 unspecified atom stereocenters. The van der Waals surface area contributed by atoms with E-state index in [1.165, 1.54) is 6.33 Å². The Bertz CT molecular complexity index is 570. The lowest BCUT2D eigenvalue weighted by atomic mass is 10.2. The molecule has 7 heteroatoms. The van der Waals surface area contributed by atoms with Crippen LogP contribution in [0.2, 0.25) is 0 Å². The third-order valence-electron chi connectivity index (χ3n) is 3.18. The Morgan fingerprint density at radius 3 is 3.06 bits per heavy atom. The van der Waals surface area contributed by atoms with Gasteiger partial charge in [-0.3, -0.25) is 0 Å². The van der Waals surface area contributed by atoms with Gasteiger partial charge >= 0.3 is 0 Å². The molecule has 3 rings (SSSR count).